The normalized spacial score (nSPS) is 23.3. The highest BCUT2D eigenvalue weighted by molar-refractivity contribution is 7.12. The van der Waals surface area contributed by atoms with Gasteiger partial charge >= 0.3 is 0 Å². The number of hydrogen-bond acceptors (Lipinski definition) is 4. The molecule has 1 saturated heterocycles. The van der Waals surface area contributed by atoms with Crippen LogP contribution in [0.15, 0.2) is 11.4 Å². The molecule has 5 heteroatoms. The summed E-state index contributed by atoms with van der Waals surface area (Å²) in [4.78, 5) is 12.6. The highest BCUT2D eigenvalue weighted by Gasteiger charge is 2.30. The first-order valence-corrected chi connectivity index (χ1v) is 6.64. The van der Waals surface area contributed by atoms with Gasteiger partial charge in [-0.1, -0.05) is 0 Å². The van der Waals surface area contributed by atoms with Gasteiger partial charge in [-0.3, -0.25) is 4.79 Å². The number of thiophene rings is 1. The Balaban J connectivity index is 1.98. The molecule has 0 bridgehead atoms. The minimum absolute atomic E-state index is 0.0693. The molecule has 0 saturated carbocycles. The van der Waals surface area contributed by atoms with Gasteiger partial charge in [-0.2, -0.15) is 0 Å². The van der Waals surface area contributed by atoms with Crippen molar-refractivity contribution in [1.82, 2.24) is 5.32 Å². The third kappa shape index (κ3) is 2.98. The second kappa shape index (κ2) is 4.66. The molecule has 94 valence electrons. The second-order valence-electron chi connectivity index (χ2n) is 4.98. The molecule has 0 radical (unpaired) electrons. The number of rotatable bonds is 2. The van der Waals surface area contributed by atoms with Gasteiger partial charge in [0, 0.05) is 12.6 Å². The molecule has 2 rings (SSSR count). The third-order valence-electron chi connectivity index (χ3n) is 2.93. The fourth-order valence-electron chi connectivity index (χ4n) is 2.11. The number of ether oxygens (including phenoxy) is 1. The SMILES string of the molecule is CC1(C)CC(NC(=O)c2sccc2N)CCO1. The highest BCUT2D eigenvalue weighted by atomic mass is 32.1. The average molecular weight is 254 g/mol. The first-order chi connectivity index (χ1) is 7.98. The fraction of sp³-hybridized carbons (Fsp3) is 0.583. The molecule has 2 heterocycles. The van der Waals surface area contributed by atoms with Crippen molar-refractivity contribution in [3.8, 4) is 0 Å². The first-order valence-electron chi connectivity index (χ1n) is 5.76. The van der Waals surface area contributed by atoms with E-state index < -0.39 is 0 Å². The molecule has 1 amide bonds. The van der Waals surface area contributed by atoms with E-state index in [4.69, 9.17) is 10.5 Å². The fourth-order valence-corrected chi connectivity index (χ4v) is 2.83. The summed E-state index contributed by atoms with van der Waals surface area (Å²) in [6, 6.07) is 1.93. The van der Waals surface area contributed by atoms with Gasteiger partial charge in [0.15, 0.2) is 0 Å². The van der Waals surface area contributed by atoms with Gasteiger partial charge in [0.05, 0.1) is 11.3 Å². The van der Waals surface area contributed by atoms with Crippen molar-refractivity contribution >= 4 is 22.9 Å². The van der Waals surface area contributed by atoms with E-state index in [1.807, 2.05) is 19.2 Å². The Morgan fingerprint density at radius 3 is 3.00 bits per heavy atom. The molecule has 1 aliphatic rings. The molecule has 0 spiro atoms. The summed E-state index contributed by atoms with van der Waals surface area (Å²) in [6.07, 6.45) is 1.70. The summed E-state index contributed by atoms with van der Waals surface area (Å²) >= 11 is 1.38. The van der Waals surface area contributed by atoms with Crippen molar-refractivity contribution in [3.05, 3.63) is 16.3 Å². The average Bonchev–Trinajstić information content (AvgIpc) is 2.62. The number of anilines is 1. The molecular formula is C12H18N2O2S. The lowest BCUT2D eigenvalue weighted by Crippen LogP contribution is -2.45. The summed E-state index contributed by atoms with van der Waals surface area (Å²) in [7, 11) is 0. The van der Waals surface area contributed by atoms with Gasteiger partial charge in [0.25, 0.3) is 5.91 Å². The summed E-state index contributed by atoms with van der Waals surface area (Å²) < 4.78 is 5.62. The van der Waals surface area contributed by atoms with Crippen LogP contribution in [0, 0.1) is 0 Å². The van der Waals surface area contributed by atoms with E-state index >= 15 is 0 Å². The van der Waals surface area contributed by atoms with E-state index in [2.05, 4.69) is 5.32 Å². The lowest BCUT2D eigenvalue weighted by Gasteiger charge is -2.35. The minimum Gasteiger partial charge on any atom is -0.397 e. The summed E-state index contributed by atoms with van der Waals surface area (Å²) in [5.41, 5.74) is 6.12. The van der Waals surface area contributed by atoms with Gasteiger partial charge in [-0.25, -0.2) is 0 Å². The number of carbonyl (C=O) groups is 1. The van der Waals surface area contributed by atoms with Crippen molar-refractivity contribution in [1.29, 1.82) is 0 Å². The lowest BCUT2D eigenvalue weighted by atomic mass is 9.94. The molecule has 1 atom stereocenters. The Hall–Kier alpha value is -1.07. The van der Waals surface area contributed by atoms with Gasteiger partial charge in [0.2, 0.25) is 0 Å². The van der Waals surface area contributed by atoms with E-state index in [-0.39, 0.29) is 17.6 Å². The Morgan fingerprint density at radius 1 is 1.65 bits per heavy atom. The molecule has 4 nitrogen and oxygen atoms in total. The molecule has 1 fully saturated rings. The van der Waals surface area contributed by atoms with Crippen LogP contribution in [0.4, 0.5) is 5.69 Å². The van der Waals surface area contributed by atoms with Crippen molar-refractivity contribution in [3.63, 3.8) is 0 Å². The van der Waals surface area contributed by atoms with E-state index in [1.165, 1.54) is 11.3 Å². The Kier molecular flexibility index (Phi) is 3.40. The minimum atomic E-state index is -0.156. The van der Waals surface area contributed by atoms with Crippen molar-refractivity contribution < 1.29 is 9.53 Å². The zero-order chi connectivity index (χ0) is 12.5. The molecule has 3 N–H and O–H groups in total. The lowest BCUT2D eigenvalue weighted by molar-refractivity contribution is -0.0615. The predicted octanol–water partition coefficient (Wildman–Crippen LogP) is 2.02. The number of carbonyl (C=O) groups excluding carboxylic acids is 1. The van der Waals surface area contributed by atoms with Gasteiger partial charge in [0.1, 0.15) is 4.88 Å². The maximum absolute atomic E-state index is 12.0. The molecule has 1 aromatic heterocycles. The largest absolute Gasteiger partial charge is 0.397 e. The molecular weight excluding hydrogens is 236 g/mol. The first kappa shape index (κ1) is 12.4. The Labute approximate surface area is 105 Å². The van der Waals surface area contributed by atoms with Gasteiger partial charge in [-0.15, -0.1) is 11.3 Å². The van der Waals surface area contributed by atoms with Crippen LogP contribution < -0.4 is 11.1 Å². The van der Waals surface area contributed by atoms with Gasteiger partial charge in [-0.05, 0) is 38.1 Å². The van der Waals surface area contributed by atoms with E-state index in [1.54, 1.807) is 6.07 Å². The maximum atomic E-state index is 12.0. The summed E-state index contributed by atoms with van der Waals surface area (Å²) in [5.74, 6) is -0.0693. The zero-order valence-electron chi connectivity index (χ0n) is 10.2. The number of nitrogens with two attached hydrogens (primary N) is 1. The summed E-state index contributed by atoms with van der Waals surface area (Å²) in [5, 5.41) is 4.86. The van der Waals surface area contributed by atoms with Crippen molar-refractivity contribution in [2.45, 2.75) is 38.3 Å². The number of hydrogen-bond donors (Lipinski definition) is 2. The molecule has 1 unspecified atom stereocenters. The van der Waals surface area contributed by atoms with Crippen LogP contribution in [-0.4, -0.2) is 24.2 Å². The quantitative estimate of drug-likeness (QED) is 0.848. The predicted molar refractivity (Wildman–Crippen MR) is 69.3 cm³/mol. The van der Waals surface area contributed by atoms with E-state index in [9.17, 15) is 4.79 Å². The van der Waals surface area contributed by atoms with E-state index in [0.29, 0.717) is 17.2 Å². The Bertz CT molecular complexity index is 414. The van der Waals surface area contributed by atoms with Crippen LogP contribution in [0.5, 0.6) is 0 Å². The smallest absolute Gasteiger partial charge is 0.263 e. The number of amides is 1. The Morgan fingerprint density at radius 2 is 2.41 bits per heavy atom. The van der Waals surface area contributed by atoms with E-state index in [0.717, 1.165) is 12.8 Å². The highest BCUT2D eigenvalue weighted by Crippen LogP contribution is 2.25. The second-order valence-corrected chi connectivity index (χ2v) is 5.89. The molecule has 17 heavy (non-hydrogen) atoms. The van der Waals surface area contributed by atoms with Crippen molar-refractivity contribution in [2.24, 2.45) is 0 Å². The molecule has 1 aliphatic heterocycles. The maximum Gasteiger partial charge on any atom is 0.263 e. The van der Waals surface area contributed by atoms with Crippen LogP contribution >= 0.6 is 11.3 Å². The topological polar surface area (TPSA) is 64.4 Å². The molecule has 0 aromatic carbocycles. The molecule has 0 aliphatic carbocycles. The van der Waals surface area contributed by atoms with Crippen LogP contribution in [0.1, 0.15) is 36.4 Å². The van der Waals surface area contributed by atoms with Gasteiger partial charge < -0.3 is 15.8 Å². The van der Waals surface area contributed by atoms with Crippen LogP contribution in [0.3, 0.4) is 0 Å². The number of nitrogen functional groups attached to an aromatic ring is 1. The standard InChI is InChI=1S/C12H18N2O2S/c1-12(2)7-8(3-5-16-12)14-11(15)10-9(13)4-6-17-10/h4,6,8H,3,5,7,13H2,1-2H3,(H,14,15). The van der Waals surface area contributed by atoms with Crippen LogP contribution in [0.2, 0.25) is 0 Å². The summed E-state index contributed by atoms with van der Waals surface area (Å²) in [6.45, 7) is 4.79. The molecule has 1 aromatic rings. The van der Waals surface area contributed by atoms with Crippen LogP contribution in [-0.2, 0) is 4.74 Å². The van der Waals surface area contributed by atoms with Crippen molar-refractivity contribution in [2.75, 3.05) is 12.3 Å². The monoisotopic (exact) mass is 254 g/mol. The van der Waals surface area contributed by atoms with Crippen LogP contribution in [0.25, 0.3) is 0 Å². The third-order valence-corrected chi connectivity index (χ3v) is 3.86. The zero-order valence-corrected chi connectivity index (χ0v) is 11.0. The number of nitrogens with one attached hydrogen (secondary N) is 1.